The minimum Gasteiger partial charge on any atom is -0.480 e. The number of hydrogen-bond acceptors (Lipinski definition) is 4. The standard InChI is InChI=1S/C19H23N3O3S/c1-11-20-14(10-26-11)13-8-16(21(2)9-13)18(23)22-15-6-4-3-5-12(15)7-17(22)19(24)25/h8-10,12,15,17H,3-7H2,1-2H3,(H,24,25)/t12-,15+,17+/m1/s1. The van der Waals surface area contributed by atoms with Crippen molar-refractivity contribution in [3.05, 3.63) is 28.3 Å². The molecule has 0 unspecified atom stereocenters. The predicted octanol–water partition coefficient (Wildman–Crippen LogP) is 3.31. The van der Waals surface area contributed by atoms with Crippen LogP contribution in [-0.2, 0) is 11.8 Å². The molecular weight excluding hydrogens is 350 g/mol. The summed E-state index contributed by atoms with van der Waals surface area (Å²) in [6, 6.07) is 1.18. The molecule has 3 atom stereocenters. The molecule has 1 saturated heterocycles. The molecule has 2 aliphatic rings. The molecule has 2 aromatic rings. The molecule has 26 heavy (non-hydrogen) atoms. The van der Waals surface area contributed by atoms with E-state index in [0.29, 0.717) is 18.0 Å². The molecule has 4 rings (SSSR count). The number of carboxylic acid groups (broad SMARTS) is 1. The van der Waals surface area contributed by atoms with Crippen molar-refractivity contribution < 1.29 is 14.7 Å². The summed E-state index contributed by atoms with van der Waals surface area (Å²) in [4.78, 5) is 31.2. The molecule has 1 aliphatic heterocycles. The summed E-state index contributed by atoms with van der Waals surface area (Å²) in [5, 5.41) is 12.6. The number of fused-ring (bicyclic) bond motifs is 1. The summed E-state index contributed by atoms with van der Waals surface area (Å²) in [7, 11) is 1.83. The van der Waals surface area contributed by atoms with Crippen molar-refractivity contribution in [2.75, 3.05) is 0 Å². The van der Waals surface area contributed by atoms with Crippen molar-refractivity contribution in [1.29, 1.82) is 0 Å². The lowest BCUT2D eigenvalue weighted by atomic mass is 9.84. The van der Waals surface area contributed by atoms with E-state index in [-0.39, 0.29) is 11.9 Å². The van der Waals surface area contributed by atoms with Crippen LogP contribution >= 0.6 is 11.3 Å². The third kappa shape index (κ3) is 2.84. The van der Waals surface area contributed by atoms with Crippen LogP contribution in [-0.4, -0.2) is 43.5 Å². The van der Waals surface area contributed by atoms with Gasteiger partial charge < -0.3 is 14.6 Å². The fourth-order valence-electron chi connectivity index (χ4n) is 4.52. The Morgan fingerprint density at radius 2 is 2.08 bits per heavy atom. The number of hydrogen-bond donors (Lipinski definition) is 1. The first kappa shape index (κ1) is 17.3. The molecule has 6 nitrogen and oxygen atoms in total. The van der Waals surface area contributed by atoms with E-state index in [2.05, 4.69) is 4.98 Å². The summed E-state index contributed by atoms with van der Waals surface area (Å²) in [6.07, 6.45) is 6.60. The average molecular weight is 373 g/mol. The summed E-state index contributed by atoms with van der Waals surface area (Å²) in [5.74, 6) is -0.750. The maximum atomic E-state index is 13.3. The Hall–Kier alpha value is -2.15. The fourth-order valence-corrected chi connectivity index (χ4v) is 5.14. The van der Waals surface area contributed by atoms with Crippen LogP contribution in [0, 0.1) is 12.8 Å². The van der Waals surface area contributed by atoms with Crippen molar-refractivity contribution in [2.45, 2.75) is 51.1 Å². The zero-order valence-electron chi connectivity index (χ0n) is 15.0. The van der Waals surface area contributed by atoms with Crippen LogP contribution in [0.3, 0.4) is 0 Å². The Bertz CT molecular complexity index is 856. The van der Waals surface area contributed by atoms with Gasteiger partial charge in [0, 0.05) is 30.2 Å². The van der Waals surface area contributed by atoms with E-state index in [1.807, 2.05) is 31.6 Å². The fraction of sp³-hybridized carbons (Fsp3) is 0.526. The maximum Gasteiger partial charge on any atom is 0.326 e. The molecule has 7 heteroatoms. The molecule has 1 saturated carbocycles. The van der Waals surface area contributed by atoms with Crippen LogP contribution in [0.25, 0.3) is 11.3 Å². The molecule has 1 amide bonds. The number of likely N-dealkylation sites (tertiary alicyclic amines) is 1. The van der Waals surface area contributed by atoms with Gasteiger partial charge in [-0.05, 0) is 38.2 Å². The third-order valence-electron chi connectivity index (χ3n) is 5.75. The first-order valence-electron chi connectivity index (χ1n) is 9.10. The first-order valence-corrected chi connectivity index (χ1v) is 9.98. The number of aromatic nitrogens is 2. The van der Waals surface area contributed by atoms with Gasteiger partial charge in [0.2, 0.25) is 0 Å². The molecule has 0 radical (unpaired) electrons. The number of aryl methyl sites for hydroxylation is 2. The lowest BCUT2D eigenvalue weighted by molar-refractivity contribution is -0.141. The van der Waals surface area contributed by atoms with Gasteiger partial charge in [-0.15, -0.1) is 11.3 Å². The number of carboxylic acids is 1. The van der Waals surface area contributed by atoms with Crippen LogP contribution in [0.5, 0.6) is 0 Å². The van der Waals surface area contributed by atoms with Gasteiger partial charge in [-0.2, -0.15) is 0 Å². The summed E-state index contributed by atoms with van der Waals surface area (Å²) < 4.78 is 1.79. The van der Waals surface area contributed by atoms with Gasteiger partial charge in [-0.25, -0.2) is 9.78 Å². The van der Waals surface area contributed by atoms with Crippen LogP contribution in [0.4, 0.5) is 0 Å². The molecule has 1 N–H and O–H groups in total. The first-order chi connectivity index (χ1) is 12.5. The molecule has 0 bridgehead atoms. The van der Waals surface area contributed by atoms with Gasteiger partial charge in [-0.3, -0.25) is 4.79 Å². The smallest absolute Gasteiger partial charge is 0.326 e. The molecule has 1 aliphatic carbocycles. The normalized spacial score (nSPS) is 25.3. The quantitative estimate of drug-likeness (QED) is 0.896. The minimum atomic E-state index is -0.891. The Morgan fingerprint density at radius 3 is 2.77 bits per heavy atom. The maximum absolute atomic E-state index is 13.3. The van der Waals surface area contributed by atoms with Crippen molar-refractivity contribution in [3.8, 4) is 11.3 Å². The molecule has 2 aromatic heterocycles. The second-order valence-electron chi connectivity index (χ2n) is 7.39. The monoisotopic (exact) mass is 373 g/mol. The Labute approximate surface area is 156 Å². The number of thiazole rings is 1. The molecule has 0 aromatic carbocycles. The van der Waals surface area contributed by atoms with E-state index in [1.54, 1.807) is 20.8 Å². The largest absolute Gasteiger partial charge is 0.480 e. The van der Waals surface area contributed by atoms with Gasteiger partial charge in [0.15, 0.2) is 0 Å². The van der Waals surface area contributed by atoms with E-state index < -0.39 is 12.0 Å². The molecule has 138 valence electrons. The summed E-state index contributed by atoms with van der Waals surface area (Å²) in [6.45, 7) is 1.95. The number of aliphatic carboxylic acids is 1. The van der Waals surface area contributed by atoms with Crippen LogP contribution in [0.1, 0.15) is 47.6 Å². The summed E-state index contributed by atoms with van der Waals surface area (Å²) in [5.41, 5.74) is 2.28. The van der Waals surface area contributed by atoms with E-state index in [1.165, 1.54) is 0 Å². The van der Waals surface area contributed by atoms with Gasteiger partial charge in [0.25, 0.3) is 5.91 Å². The Morgan fingerprint density at radius 1 is 1.31 bits per heavy atom. The van der Waals surface area contributed by atoms with Gasteiger partial charge in [0.05, 0.1) is 10.7 Å². The Balaban J connectivity index is 1.67. The van der Waals surface area contributed by atoms with E-state index in [9.17, 15) is 14.7 Å². The van der Waals surface area contributed by atoms with E-state index in [4.69, 9.17) is 0 Å². The second kappa shape index (κ2) is 6.54. The number of carbonyl (C=O) groups excluding carboxylic acids is 1. The Kier molecular flexibility index (Phi) is 4.34. The number of carbonyl (C=O) groups is 2. The lowest BCUT2D eigenvalue weighted by Crippen LogP contribution is -2.46. The topological polar surface area (TPSA) is 75.4 Å². The number of nitrogens with zero attached hydrogens (tertiary/aromatic N) is 3. The van der Waals surface area contributed by atoms with Crippen molar-refractivity contribution >= 4 is 23.2 Å². The molecular formula is C19H23N3O3S. The van der Waals surface area contributed by atoms with Crippen LogP contribution < -0.4 is 0 Å². The molecule has 3 heterocycles. The second-order valence-corrected chi connectivity index (χ2v) is 8.45. The highest BCUT2D eigenvalue weighted by atomic mass is 32.1. The SMILES string of the molecule is Cc1nc(-c2cc(C(=O)N3[C@H](C(=O)O)C[C@H]4CCCC[C@@H]43)n(C)c2)cs1. The predicted molar refractivity (Wildman–Crippen MR) is 99.2 cm³/mol. The van der Waals surface area contributed by atoms with Crippen molar-refractivity contribution in [1.82, 2.24) is 14.5 Å². The van der Waals surface area contributed by atoms with Crippen LogP contribution in [0.2, 0.25) is 0 Å². The highest BCUT2D eigenvalue weighted by Crippen LogP contribution is 2.40. The number of amides is 1. The van der Waals surface area contributed by atoms with E-state index >= 15 is 0 Å². The summed E-state index contributed by atoms with van der Waals surface area (Å²) >= 11 is 1.57. The van der Waals surface area contributed by atoms with E-state index in [0.717, 1.165) is 41.9 Å². The van der Waals surface area contributed by atoms with Crippen LogP contribution in [0.15, 0.2) is 17.6 Å². The number of rotatable bonds is 3. The molecule has 0 spiro atoms. The van der Waals surface area contributed by atoms with Gasteiger partial charge >= 0.3 is 5.97 Å². The highest BCUT2D eigenvalue weighted by molar-refractivity contribution is 7.09. The minimum absolute atomic E-state index is 0.0530. The molecule has 2 fully saturated rings. The average Bonchev–Trinajstić information content (AvgIpc) is 3.30. The third-order valence-corrected chi connectivity index (χ3v) is 6.52. The van der Waals surface area contributed by atoms with Gasteiger partial charge in [-0.1, -0.05) is 12.8 Å². The lowest BCUT2D eigenvalue weighted by Gasteiger charge is -2.33. The zero-order chi connectivity index (χ0) is 18.4. The van der Waals surface area contributed by atoms with Gasteiger partial charge in [0.1, 0.15) is 11.7 Å². The van der Waals surface area contributed by atoms with Crippen molar-refractivity contribution in [3.63, 3.8) is 0 Å². The highest BCUT2D eigenvalue weighted by Gasteiger charge is 2.48. The van der Waals surface area contributed by atoms with Crippen molar-refractivity contribution in [2.24, 2.45) is 13.0 Å². The zero-order valence-corrected chi connectivity index (χ0v) is 15.8.